The Morgan fingerprint density at radius 2 is 1.24 bits per heavy atom. The summed E-state index contributed by atoms with van der Waals surface area (Å²) >= 11 is 0. The van der Waals surface area contributed by atoms with Crippen LogP contribution < -0.4 is 11.1 Å². The van der Waals surface area contributed by atoms with Crippen LogP contribution in [-0.2, 0) is 0 Å². The van der Waals surface area contributed by atoms with Gasteiger partial charge in [-0.1, -0.05) is 12.1 Å². The first kappa shape index (κ1) is 20.5. The maximum atomic E-state index is 9.48. The highest BCUT2D eigenvalue weighted by Gasteiger charge is 2.08. The molecule has 0 amide bonds. The summed E-state index contributed by atoms with van der Waals surface area (Å²) in [7, 11) is 1.73. The number of aliphatic hydroxyl groups is 2. The zero-order chi connectivity index (χ0) is 19.0. The Bertz CT molecular complexity index is 680. The first-order valence-electron chi connectivity index (χ1n) is 7.54. The third-order valence-corrected chi connectivity index (χ3v) is 3.39. The van der Waals surface area contributed by atoms with E-state index >= 15 is 0 Å². The SMILES string of the molecule is CNC[C@H](O)c1ccc(O)c(O)c1.NC[C@H](O)c1ccc(O)c(O)c1. The van der Waals surface area contributed by atoms with Gasteiger partial charge in [0, 0.05) is 13.1 Å². The Labute approximate surface area is 145 Å². The van der Waals surface area contributed by atoms with E-state index in [-0.39, 0.29) is 29.5 Å². The normalized spacial score (nSPS) is 12.8. The van der Waals surface area contributed by atoms with Crippen LogP contribution in [0.5, 0.6) is 23.0 Å². The molecule has 2 aromatic carbocycles. The van der Waals surface area contributed by atoms with Crippen LogP contribution in [0.3, 0.4) is 0 Å². The average molecular weight is 352 g/mol. The summed E-state index contributed by atoms with van der Waals surface area (Å²) in [5.74, 6) is -0.851. The lowest BCUT2D eigenvalue weighted by molar-refractivity contribution is 0.177. The van der Waals surface area contributed by atoms with E-state index in [4.69, 9.17) is 26.2 Å². The summed E-state index contributed by atoms with van der Waals surface area (Å²) in [6, 6.07) is 8.36. The summed E-state index contributed by atoms with van der Waals surface area (Å²) in [6.45, 7) is 0.494. The van der Waals surface area contributed by atoms with Crippen LogP contribution in [0.25, 0.3) is 0 Å². The molecule has 0 aliphatic heterocycles. The van der Waals surface area contributed by atoms with E-state index in [1.165, 1.54) is 30.3 Å². The summed E-state index contributed by atoms with van der Waals surface area (Å²) in [6.07, 6.45) is -1.46. The van der Waals surface area contributed by atoms with Gasteiger partial charge in [0.05, 0.1) is 12.2 Å². The van der Waals surface area contributed by atoms with E-state index in [0.717, 1.165) is 0 Å². The number of phenolic OH excluding ortho intramolecular Hbond substituents is 4. The van der Waals surface area contributed by atoms with E-state index in [1.54, 1.807) is 13.1 Å². The highest BCUT2D eigenvalue weighted by atomic mass is 16.3. The number of phenols is 4. The molecule has 8 heteroatoms. The number of nitrogens with two attached hydrogens (primary N) is 1. The molecule has 0 saturated carbocycles. The highest BCUT2D eigenvalue weighted by molar-refractivity contribution is 5.42. The largest absolute Gasteiger partial charge is 0.504 e. The molecule has 8 nitrogen and oxygen atoms in total. The number of hydrogen-bond donors (Lipinski definition) is 8. The molecule has 0 fully saturated rings. The van der Waals surface area contributed by atoms with Crippen molar-refractivity contribution in [3.63, 3.8) is 0 Å². The lowest BCUT2D eigenvalue weighted by Gasteiger charge is -2.10. The average Bonchev–Trinajstić information content (AvgIpc) is 2.59. The molecular formula is C17H24N2O6. The predicted molar refractivity (Wildman–Crippen MR) is 92.4 cm³/mol. The Kier molecular flexibility index (Phi) is 7.96. The number of aliphatic hydroxyl groups excluding tert-OH is 2. The Morgan fingerprint density at radius 1 is 0.800 bits per heavy atom. The first-order valence-corrected chi connectivity index (χ1v) is 7.54. The molecule has 2 atom stereocenters. The number of nitrogens with one attached hydrogen (secondary N) is 1. The minimum Gasteiger partial charge on any atom is -0.504 e. The molecule has 0 saturated heterocycles. The van der Waals surface area contributed by atoms with Crippen LogP contribution in [0.1, 0.15) is 23.3 Å². The van der Waals surface area contributed by atoms with Crippen LogP contribution in [-0.4, -0.2) is 50.8 Å². The van der Waals surface area contributed by atoms with Gasteiger partial charge in [-0.2, -0.15) is 0 Å². The van der Waals surface area contributed by atoms with E-state index in [0.29, 0.717) is 17.7 Å². The molecule has 0 heterocycles. The molecule has 2 rings (SSSR count). The second-order valence-electron chi connectivity index (χ2n) is 5.32. The Morgan fingerprint density at radius 3 is 1.60 bits per heavy atom. The summed E-state index contributed by atoms with van der Waals surface area (Å²) in [4.78, 5) is 0. The lowest BCUT2D eigenvalue weighted by atomic mass is 10.1. The Hall–Kier alpha value is -2.52. The number of rotatable bonds is 5. The molecule has 9 N–H and O–H groups in total. The topological polar surface area (TPSA) is 159 Å². The molecule has 0 spiro atoms. The van der Waals surface area contributed by atoms with Gasteiger partial charge in [-0.15, -0.1) is 0 Å². The second-order valence-corrected chi connectivity index (χ2v) is 5.32. The molecular weight excluding hydrogens is 328 g/mol. The van der Waals surface area contributed by atoms with Gasteiger partial charge in [0.1, 0.15) is 0 Å². The van der Waals surface area contributed by atoms with Crippen molar-refractivity contribution >= 4 is 0 Å². The number of hydrogen-bond acceptors (Lipinski definition) is 8. The van der Waals surface area contributed by atoms with Crippen LogP contribution in [0.4, 0.5) is 0 Å². The quantitative estimate of drug-likeness (QED) is 0.360. The van der Waals surface area contributed by atoms with Gasteiger partial charge >= 0.3 is 0 Å². The van der Waals surface area contributed by atoms with Gasteiger partial charge in [-0.25, -0.2) is 0 Å². The van der Waals surface area contributed by atoms with Crippen LogP contribution >= 0.6 is 0 Å². The molecule has 0 aromatic heterocycles. The summed E-state index contributed by atoms with van der Waals surface area (Å²) in [5.41, 5.74) is 6.27. The van der Waals surface area contributed by atoms with Crippen LogP contribution in [0.15, 0.2) is 36.4 Å². The third-order valence-electron chi connectivity index (χ3n) is 3.39. The fraction of sp³-hybridized carbons (Fsp3) is 0.294. The molecule has 2 aromatic rings. The van der Waals surface area contributed by atoms with Crippen molar-refractivity contribution < 1.29 is 30.6 Å². The van der Waals surface area contributed by atoms with Crippen molar-refractivity contribution in [2.24, 2.45) is 5.73 Å². The van der Waals surface area contributed by atoms with E-state index in [1.807, 2.05) is 0 Å². The van der Waals surface area contributed by atoms with Crippen molar-refractivity contribution in [2.45, 2.75) is 12.2 Å². The molecule has 0 aliphatic carbocycles. The van der Waals surface area contributed by atoms with Gasteiger partial charge in [-0.05, 0) is 42.4 Å². The van der Waals surface area contributed by atoms with Crippen LogP contribution in [0.2, 0.25) is 0 Å². The highest BCUT2D eigenvalue weighted by Crippen LogP contribution is 2.28. The lowest BCUT2D eigenvalue weighted by Crippen LogP contribution is -2.16. The van der Waals surface area contributed by atoms with Gasteiger partial charge in [-0.3, -0.25) is 0 Å². The van der Waals surface area contributed by atoms with Crippen molar-refractivity contribution in [3.8, 4) is 23.0 Å². The van der Waals surface area contributed by atoms with Crippen molar-refractivity contribution in [3.05, 3.63) is 47.5 Å². The molecule has 138 valence electrons. The van der Waals surface area contributed by atoms with Gasteiger partial charge < -0.3 is 41.7 Å². The molecule has 25 heavy (non-hydrogen) atoms. The summed E-state index contributed by atoms with van der Waals surface area (Å²) in [5, 5.41) is 57.6. The van der Waals surface area contributed by atoms with Crippen molar-refractivity contribution in [2.75, 3.05) is 20.1 Å². The van der Waals surface area contributed by atoms with Gasteiger partial charge in [0.15, 0.2) is 23.0 Å². The molecule has 0 radical (unpaired) electrons. The fourth-order valence-electron chi connectivity index (χ4n) is 1.94. The fourth-order valence-corrected chi connectivity index (χ4v) is 1.94. The van der Waals surface area contributed by atoms with Gasteiger partial charge in [0.25, 0.3) is 0 Å². The zero-order valence-corrected chi connectivity index (χ0v) is 13.8. The molecule has 0 unspecified atom stereocenters. The first-order chi connectivity index (χ1) is 11.8. The minimum absolute atomic E-state index is 0.0875. The Balaban J connectivity index is 0.000000251. The monoisotopic (exact) mass is 352 g/mol. The van der Waals surface area contributed by atoms with E-state index in [9.17, 15) is 10.2 Å². The van der Waals surface area contributed by atoms with Gasteiger partial charge in [0.2, 0.25) is 0 Å². The minimum atomic E-state index is -0.795. The molecule has 0 aliphatic rings. The zero-order valence-electron chi connectivity index (χ0n) is 13.8. The van der Waals surface area contributed by atoms with Crippen LogP contribution in [0, 0.1) is 0 Å². The maximum absolute atomic E-state index is 9.48. The van der Waals surface area contributed by atoms with E-state index in [2.05, 4.69) is 5.32 Å². The number of aromatic hydroxyl groups is 4. The third kappa shape index (κ3) is 6.12. The van der Waals surface area contributed by atoms with E-state index < -0.39 is 12.2 Å². The number of benzene rings is 2. The van der Waals surface area contributed by atoms with Crippen molar-refractivity contribution in [1.29, 1.82) is 0 Å². The predicted octanol–water partition coefficient (Wildman–Crippen LogP) is 0.440. The maximum Gasteiger partial charge on any atom is 0.157 e. The smallest absolute Gasteiger partial charge is 0.157 e. The molecule has 0 bridgehead atoms. The number of likely N-dealkylation sites (N-methyl/N-ethyl adjacent to an activating group) is 1. The summed E-state index contributed by atoms with van der Waals surface area (Å²) < 4.78 is 0. The standard InChI is InChI=1S/C9H13NO3.C8H11NO3/c1-10-5-9(13)6-2-3-7(11)8(12)4-6;9-4-8(12)5-1-2-6(10)7(11)3-5/h2-4,9-13H,5H2,1H3;1-3,8,10-12H,4,9H2/t9-;8-/m00/s1. The second kappa shape index (κ2) is 9.70. The van der Waals surface area contributed by atoms with Crippen molar-refractivity contribution in [1.82, 2.24) is 5.32 Å².